The quantitative estimate of drug-likeness (QED) is 0.243. The number of nitrogens with zero attached hydrogens (tertiary/aromatic N) is 4. The zero-order valence-electron chi connectivity index (χ0n) is 22.7. The highest BCUT2D eigenvalue weighted by atomic mass is 32.1. The van der Waals surface area contributed by atoms with E-state index in [1.807, 2.05) is 36.4 Å². The molecule has 6 aromatic rings. The second-order valence-corrected chi connectivity index (χ2v) is 10.6. The Hall–Kier alpha value is -5.08. The fraction of sp³-hybridized carbons (Fsp3) is 0.143. The summed E-state index contributed by atoms with van der Waals surface area (Å²) in [6.45, 7) is 0. The zero-order chi connectivity index (χ0) is 30.0. The number of carbonyl (C=O) groups is 2. The van der Waals surface area contributed by atoms with Crippen molar-refractivity contribution in [1.82, 2.24) is 19.1 Å². The Balaban J connectivity index is 0.000000168. The van der Waals surface area contributed by atoms with Gasteiger partial charge in [0.05, 0.1) is 50.5 Å². The van der Waals surface area contributed by atoms with Crippen molar-refractivity contribution in [3.05, 3.63) is 70.9 Å². The Morgan fingerprint density at radius 3 is 1.71 bits per heavy atom. The van der Waals surface area contributed by atoms with Gasteiger partial charge >= 0.3 is 11.9 Å². The number of benzene rings is 2. The number of methoxy groups -OCH3 is 4. The Bertz CT molecular complexity index is 1920. The van der Waals surface area contributed by atoms with Gasteiger partial charge in [0.15, 0.2) is 9.75 Å². The highest BCUT2D eigenvalue weighted by Gasteiger charge is 2.19. The lowest BCUT2D eigenvalue weighted by Gasteiger charge is -2.02. The summed E-state index contributed by atoms with van der Waals surface area (Å²) < 4.78 is 23.2. The first-order chi connectivity index (χ1) is 20.3. The van der Waals surface area contributed by atoms with E-state index in [2.05, 4.69) is 19.4 Å². The van der Waals surface area contributed by atoms with E-state index in [4.69, 9.17) is 9.47 Å². The van der Waals surface area contributed by atoms with Crippen LogP contribution in [0, 0.1) is 0 Å². The molecule has 0 atom stereocenters. The summed E-state index contributed by atoms with van der Waals surface area (Å²) in [6.07, 6.45) is 3.27. The minimum atomic E-state index is -0.564. The van der Waals surface area contributed by atoms with Crippen molar-refractivity contribution in [1.29, 1.82) is 0 Å². The van der Waals surface area contributed by atoms with Crippen molar-refractivity contribution < 1.29 is 38.7 Å². The fourth-order valence-electron chi connectivity index (χ4n) is 4.04. The first-order valence-electron chi connectivity index (χ1n) is 12.1. The number of ether oxygens (including phenoxy) is 4. The summed E-state index contributed by atoms with van der Waals surface area (Å²) in [6, 6.07) is 14.1. The normalized spacial score (nSPS) is 10.8. The summed E-state index contributed by atoms with van der Waals surface area (Å²) in [4.78, 5) is 32.0. The van der Waals surface area contributed by atoms with Gasteiger partial charge in [-0.1, -0.05) is 0 Å². The maximum absolute atomic E-state index is 11.6. The van der Waals surface area contributed by atoms with Crippen LogP contribution in [0.1, 0.15) is 19.3 Å². The van der Waals surface area contributed by atoms with E-state index < -0.39 is 11.9 Å². The molecule has 0 unspecified atom stereocenters. The number of hydrogen-bond acceptors (Lipinski definition) is 12. The number of aromatic hydroxyl groups is 2. The van der Waals surface area contributed by atoms with Gasteiger partial charge in [-0.2, -0.15) is 0 Å². The second-order valence-electron chi connectivity index (χ2n) is 8.52. The summed E-state index contributed by atoms with van der Waals surface area (Å²) in [5, 5.41) is 21.0. The molecule has 0 saturated carbocycles. The number of carbonyl (C=O) groups excluding carboxylic acids is 2. The lowest BCUT2D eigenvalue weighted by atomic mass is 10.3. The third-order valence-corrected chi connectivity index (χ3v) is 8.33. The number of imidazole rings is 2. The van der Waals surface area contributed by atoms with Crippen LogP contribution in [0.3, 0.4) is 0 Å². The number of hydrogen-bond donors (Lipinski definition) is 2. The molecule has 42 heavy (non-hydrogen) atoms. The monoisotopic (exact) mass is 608 g/mol. The van der Waals surface area contributed by atoms with Crippen molar-refractivity contribution >= 4 is 56.7 Å². The van der Waals surface area contributed by atoms with Crippen LogP contribution < -0.4 is 9.47 Å². The zero-order valence-corrected chi connectivity index (χ0v) is 24.4. The minimum absolute atomic E-state index is 0.0998. The molecule has 0 aliphatic carbocycles. The molecule has 0 saturated heterocycles. The molecule has 14 heteroatoms. The van der Waals surface area contributed by atoms with Gasteiger partial charge in [-0.25, -0.2) is 19.6 Å². The number of fused-ring (bicyclic) bond motifs is 2. The van der Waals surface area contributed by atoms with Crippen LogP contribution >= 0.6 is 22.7 Å². The topological polar surface area (TPSA) is 147 Å². The molecule has 0 bridgehead atoms. The van der Waals surface area contributed by atoms with E-state index >= 15 is 0 Å². The number of thiophene rings is 2. The summed E-state index contributed by atoms with van der Waals surface area (Å²) in [5.74, 6) is 0.0969. The largest absolute Gasteiger partial charge is 0.506 e. The van der Waals surface area contributed by atoms with Crippen LogP contribution in [0.2, 0.25) is 0 Å². The highest BCUT2D eigenvalue weighted by molar-refractivity contribution is 7.17. The Morgan fingerprint density at radius 1 is 0.667 bits per heavy atom. The van der Waals surface area contributed by atoms with E-state index in [0.29, 0.717) is 15.8 Å². The van der Waals surface area contributed by atoms with Crippen LogP contribution in [-0.2, 0) is 9.47 Å². The third kappa shape index (κ3) is 5.32. The first kappa shape index (κ1) is 28.4. The number of rotatable bonds is 6. The second kappa shape index (κ2) is 11.8. The molecule has 0 radical (unpaired) electrons. The molecule has 2 N–H and O–H groups in total. The van der Waals surface area contributed by atoms with Gasteiger partial charge in [-0.15, -0.1) is 22.7 Å². The number of esters is 2. The van der Waals surface area contributed by atoms with Gasteiger partial charge in [0.1, 0.15) is 45.7 Å². The van der Waals surface area contributed by atoms with E-state index in [0.717, 1.165) is 50.5 Å². The maximum atomic E-state index is 11.6. The molecule has 0 aliphatic heterocycles. The average Bonchev–Trinajstić information content (AvgIpc) is 3.80. The molecule has 216 valence electrons. The van der Waals surface area contributed by atoms with Crippen molar-refractivity contribution in [3.8, 4) is 33.0 Å². The minimum Gasteiger partial charge on any atom is -0.506 e. The maximum Gasteiger partial charge on any atom is 0.351 e. The molecule has 12 nitrogen and oxygen atoms in total. The van der Waals surface area contributed by atoms with Crippen LogP contribution in [0.25, 0.3) is 32.1 Å². The lowest BCUT2D eigenvalue weighted by molar-refractivity contribution is 0.0594. The van der Waals surface area contributed by atoms with Crippen LogP contribution in [0.4, 0.5) is 0 Å². The van der Waals surface area contributed by atoms with Crippen LogP contribution in [0.15, 0.2) is 61.2 Å². The van der Waals surface area contributed by atoms with Gasteiger partial charge in [-0.05, 0) is 24.3 Å². The van der Waals surface area contributed by atoms with E-state index in [1.165, 1.54) is 26.4 Å². The van der Waals surface area contributed by atoms with Crippen molar-refractivity contribution in [2.75, 3.05) is 28.4 Å². The molecule has 2 aromatic carbocycles. The fourth-order valence-corrected chi connectivity index (χ4v) is 5.95. The van der Waals surface area contributed by atoms with Gasteiger partial charge in [0.2, 0.25) is 0 Å². The van der Waals surface area contributed by atoms with E-state index in [1.54, 1.807) is 36.0 Å². The van der Waals surface area contributed by atoms with Crippen LogP contribution in [-0.4, -0.2) is 69.7 Å². The Kier molecular flexibility index (Phi) is 7.99. The molecule has 4 aromatic heterocycles. The average molecular weight is 609 g/mol. The molecular weight excluding hydrogens is 584 g/mol. The Morgan fingerprint density at radius 2 is 1.17 bits per heavy atom. The Labute approximate surface area is 246 Å². The third-order valence-electron chi connectivity index (χ3n) is 6.12. The lowest BCUT2D eigenvalue weighted by Crippen LogP contribution is -1.97. The first-order valence-corrected chi connectivity index (χ1v) is 13.8. The predicted octanol–water partition coefficient (Wildman–Crippen LogP) is 5.18. The molecule has 0 fully saturated rings. The highest BCUT2D eigenvalue weighted by Crippen LogP contribution is 2.35. The number of aromatic nitrogens is 4. The van der Waals surface area contributed by atoms with Crippen LogP contribution in [0.5, 0.6) is 23.0 Å². The predicted molar refractivity (Wildman–Crippen MR) is 157 cm³/mol. The standard InChI is InChI=1S/2C14H12N2O4S/c1-19-8-3-4-10-9(5-8)15-7-16(10)12-6-11(17)13(21-12)14(18)20-2;1-19-8-3-4-9-10(5-8)16(7-15-9)12-6-11(17)13(21-12)14(18)20-2/h2*3-7,17H,1-2H3. The molecular formula is C28H24N4O8S2. The molecule has 0 spiro atoms. The SMILES string of the molecule is COC(=O)c1sc(-n2cnc3cc(OC)ccc32)cc1O.COC(=O)c1sc(-n2cnc3ccc(OC)cc32)cc1O. The molecule has 0 aliphatic rings. The van der Waals surface area contributed by atoms with E-state index in [-0.39, 0.29) is 21.3 Å². The molecule has 4 heterocycles. The van der Waals surface area contributed by atoms with Gasteiger partial charge in [0.25, 0.3) is 0 Å². The van der Waals surface area contributed by atoms with Crippen molar-refractivity contribution in [2.24, 2.45) is 0 Å². The summed E-state index contributed by atoms with van der Waals surface area (Å²) in [5.41, 5.74) is 3.24. The van der Waals surface area contributed by atoms with Gasteiger partial charge < -0.3 is 29.2 Å². The smallest absolute Gasteiger partial charge is 0.351 e. The van der Waals surface area contributed by atoms with Crippen molar-refractivity contribution in [2.45, 2.75) is 0 Å². The summed E-state index contributed by atoms with van der Waals surface area (Å²) >= 11 is 2.28. The molecule has 6 rings (SSSR count). The van der Waals surface area contributed by atoms with E-state index in [9.17, 15) is 19.8 Å². The van der Waals surface area contributed by atoms with Crippen molar-refractivity contribution in [3.63, 3.8) is 0 Å². The molecule has 0 amide bonds. The van der Waals surface area contributed by atoms with Gasteiger partial charge in [-0.3, -0.25) is 9.13 Å². The van der Waals surface area contributed by atoms with Gasteiger partial charge in [0, 0.05) is 24.3 Å². The summed E-state index contributed by atoms with van der Waals surface area (Å²) in [7, 11) is 5.74.